The molecule has 0 aromatic heterocycles. The highest BCUT2D eigenvalue weighted by Gasteiger charge is 2.22. The molecule has 0 aliphatic carbocycles. The van der Waals surface area contributed by atoms with Crippen molar-refractivity contribution in [3.05, 3.63) is 23.8 Å². The van der Waals surface area contributed by atoms with Gasteiger partial charge in [-0.1, -0.05) is 6.07 Å². The van der Waals surface area contributed by atoms with Crippen LogP contribution in [-0.4, -0.2) is 36.1 Å². The Hall–Kier alpha value is -1.99. The van der Waals surface area contributed by atoms with Crippen LogP contribution in [0.1, 0.15) is 18.9 Å². The highest BCUT2D eigenvalue weighted by atomic mass is 35.5. The highest BCUT2D eigenvalue weighted by molar-refractivity contribution is 5.87. The van der Waals surface area contributed by atoms with Gasteiger partial charge in [0.1, 0.15) is 0 Å². The zero-order valence-corrected chi connectivity index (χ0v) is 13.1. The molecule has 0 saturated heterocycles. The number of halogens is 1. The minimum atomic E-state index is -0.906. The Morgan fingerprint density at radius 1 is 1.32 bits per heavy atom. The molecular formula is C14H20ClN3O4. The molecule has 1 aliphatic rings. The predicted octanol–water partition coefficient (Wildman–Crippen LogP) is 0.388. The van der Waals surface area contributed by atoms with E-state index in [2.05, 4.69) is 0 Å². The number of likely N-dealkylation sites (N-methyl/N-ethyl adjacent to an activating group) is 1. The van der Waals surface area contributed by atoms with Gasteiger partial charge in [0.15, 0.2) is 11.5 Å². The Kier molecular flexibility index (Phi) is 6.45. The number of fused-ring (bicyclic) bond motifs is 1. The van der Waals surface area contributed by atoms with Crippen LogP contribution in [0.25, 0.3) is 0 Å². The molecule has 7 nitrogen and oxygen atoms in total. The molecular weight excluding hydrogens is 310 g/mol. The van der Waals surface area contributed by atoms with Crippen LogP contribution in [0.5, 0.6) is 11.5 Å². The largest absolute Gasteiger partial charge is 0.454 e. The van der Waals surface area contributed by atoms with Gasteiger partial charge in [-0.05, 0) is 24.6 Å². The van der Waals surface area contributed by atoms with Gasteiger partial charge in [-0.3, -0.25) is 9.59 Å². The lowest BCUT2D eigenvalue weighted by Gasteiger charge is -2.24. The molecule has 0 fully saturated rings. The van der Waals surface area contributed by atoms with Crippen molar-refractivity contribution in [2.75, 3.05) is 13.3 Å². The number of ether oxygens (including phenoxy) is 2. The van der Waals surface area contributed by atoms with Gasteiger partial charge in [0.2, 0.25) is 18.6 Å². The van der Waals surface area contributed by atoms with Crippen molar-refractivity contribution in [3.63, 3.8) is 0 Å². The molecule has 122 valence electrons. The van der Waals surface area contributed by atoms with Gasteiger partial charge in [0.05, 0.1) is 12.5 Å². The molecule has 1 unspecified atom stereocenters. The normalized spacial score (nSPS) is 13.2. The van der Waals surface area contributed by atoms with E-state index in [-0.39, 0.29) is 31.5 Å². The second kappa shape index (κ2) is 7.86. The number of nitrogens with zero attached hydrogens (tertiary/aromatic N) is 1. The minimum Gasteiger partial charge on any atom is -0.454 e. The maximum Gasteiger partial charge on any atom is 0.240 e. The van der Waals surface area contributed by atoms with Crippen molar-refractivity contribution in [1.82, 2.24) is 4.90 Å². The zero-order valence-electron chi connectivity index (χ0n) is 12.3. The molecule has 1 aromatic rings. The number of benzene rings is 1. The van der Waals surface area contributed by atoms with Crippen LogP contribution in [0.15, 0.2) is 18.2 Å². The van der Waals surface area contributed by atoms with Crippen LogP contribution in [0, 0.1) is 0 Å². The summed E-state index contributed by atoms with van der Waals surface area (Å²) in [7, 11) is 0. The van der Waals surface area contributed by atoms with E-state index in [1.807, 2.05) is 19.1 Å². The van der Waals surface area contributed by atoms with E-state index in [4.69, 9.17) is 20.9 Å². The second-order valence-electron chi connectivity index (χ2n) is 4.82. The van der Waals surface area contributed by atoms with E-state index >= 15 is 0 Å². The monoisotopic (exact) mass is 329 g/mol. The van der Waals surface area contributed by atoms with E-state index in [9.17, 15) is 9.59 Å². The van der Waals surface area contributed by atoms with Gasteiger partial charge in [0.25, 0.3) is 0 Å². The number of carbonyl (C=O) groups excluding carboxylic acids is 2. The summed E-state index contributed by atoms with van der Waals surface area (Å²) in [5, 5.41) is 0. The highest BCUT2D eigenvalue weighted by Crippen LogP contribution is 2.32. The first-order valence-corrected chi connectivity index (χ1v) is 6.72. The van der Waals surface area contributed by atoms with Crippen LogP contribution in [0.4, 0.5) is 0 Å². The zero-order chi connectivity index (χ0) is 15.4. The molecule has 22 heavy (non-hydrogen) atoms. The van der Waals surface area contributed by atoms with E-state index in [0.717, 1.165) is 5.56 Å². The summed E-state index contributed by atoms with van der Waals surface area (Å²) in [6.45, 7) is 2.93. The first kappa shape index (κ1) is 18.1. The topological polar surface area (TPSA) is 108 Å². The van der Waals surface area contributed by atoms with Crippen molar-refractivity contribution in [3.8, 4) is 11.5 Å². The third kappa shape index (κ3) is 4.25. The second-order valence-corrected chi connectivity index (χ2v) is 4.82. The summed E-state index contributed by atoms with van der Waals surface area (Å²) >= 11 is 0. The number of nitrogens with two attached hydrogens (primary N) is 2. The van der Waals surface area contributed by atoms with E-state index in [0.29, 0.717) is 24.6 Å². The Balaban J connectivity index is 0.00000242. The Labute approximate surface area is 134 Å². The third-order valence-electron chi connectivity index (χ3n) is 3.24. The van der Waals surface area contributed by atoms with Crippen molar-refractivity contribution < 1.29 is 19.1 Å². The lowest BCUT2D eigenvalue weighted by molar-refractivity contribution is -0.135. The van der Waals surface area contributed by atoms with Crippen molar-refractivity contribution in [1.29, 1.82) is 0 Å². The molecule has 8 heteroatoms. The molecule has 0 radical (unpaired) electrons. The first-order chi connectivity index (χ1) is 10.0. The summed E-state index contributed by atoms with van der Waals surface area (Å²) in [5.74, 6) is 0.472. The van der Waals surface area contributed by atoms with Gasteiger partial charge >= 0.3 is 0 Å². The fraction of sp³-hybridized carbons (Fsp3) is 0.429. The number of hydrogen-bond acceptors (Lipinski definition) is 5. The Morgan fingerprint density at radius 2 is 2.00 bits per heavy atom. The van der Waals surface area contributed by atoms with Crippen molar-refractivity contribution in [2.24, 2.45) is 11.5 Å². The van der Waals surface area contributed by atoms with E-state index < -0.39 is 11.9 Å². The average Bonchev–Trinajstić information content (AvgIpc) is 2.90. The molecule has 4 N–H and O–H groups in total. The number of carbonyl (C=O) groups is 2. The number of amides is 2. The molecule has 0 saturated carbocycles. The molecule has 1 aromatic carbocycles. The van der Waals surface area contributed by atoms with Crippen LogP contribution < -0.4 is 20.9 Å². The third-order valence-corrected chi connectivity index (χ3v) is 3.24. The van der Waals surface area contributed by atoms with Crippen LogP contribution in [0.2, 0.25) is 0 Å². The van der Waals surface area contributed by atoms with Gasteiger partial charge in [-0.25, -0.2) is 0 Å². The quantitative estimate of drug-likeness (QED) is 0.784. The minimum absolute atomic E-state index is 0. The summed E-state index contributed by atoms with van der Waals surface area (Å²) in [6, 6.07) is 4.59. The summed E-state index contributed by atoms with van der Waals surface area (Å²) < 4.78 is 10.5. The fourth-order valence-corrected chi connectivity index (χ4v) is 2.14. The Bertz CT molecular complexity index is 553. The summed E-state index contributed by atoms with van der Waals surface area (Å²) in [5.41, 5.74) is 11.7. The van der Waals surface area contributed by atoms with Gasteiger partial charge < -0.3 is 25.8 Å². The standard InChI is InChI=1S/C14H19N3O4.ClH/c1-2-17(14(19)10(15)6-13(16)18)7-9-3-4-11-12(5-9)21-8-20-11;/h3-5,10H,2,6-8,15H2,1H3,(H2,16,18);1H. The average molecular weight is 330 g/mol. The smallest absolute Gasteiger partial charge is 0.240 e. The summed E-state index contributed by atoms with van der Waals surface area (Å²) in [6.07, 6.45) is -0.156. The lowest BCUT2D eigenvalue weighted by atomic mass is 10.1. The number of rotatable bonds is 6. The summed E-state index contributed by atoms with van der Waals surface area (Å²) in [4.78, 5) is 24.6. The lowest BCUT2D eigenvalue weighted by Crippen LogP contribution is -2.45. The van der Waals surface area contributed by atoms with Crippen LogP contribution in [-0.2, 0) is 16.1 Å². The molecule has 1 heterocycles. The molecule has 1 atom stereocenters. The molecule has 1 aliphatic heterocycles. The number of hydrogen-bond donors (Lipinski definition) is 2. The van der Waals surface area contributed by atoms with Gasteiger partial charge in [0, 0.05) is 13.1 Å². The van der Waals surface area contributed by atoms with E-state index in [1.54, 1.807) is 11.0 Å². The predicted molar refractivity (Wildman–Crippen MR) is 82.7 cm³/mol. The molecule has 2 amide bonds. The van der Waals surface area contributed by atoms with Crippen molar-refractivity contribution >= 4 is 24.2 Å². The van der Waals surface area contributed by atoms with Crippen LogP contribution in [0.3, 0.4) is 0 Å². The number of primary amides is 1. The van der Waals surface area contributed by atoms with Crippen molar-refractivity contribution in [2.45, 2.75) is 25.9 Å². The molecule has 0 spiro atoms. The Morgan fingerprint density at radius 3 is 2.64 bits per heavy atom. The maximum absolute atomic E-state index is 12.2. The molecule has 2 rings (SSSR count). The maximum atomic E-state index is 12.2. The van der Waals surface area contributed by atoms with Gasteiger partial charge in [-0.2, -0.15) is 0 Å². The van der Waals surface area contributed by atoms with E-state index in [1.165, 1.54) is 0 Å². The first-order valence-electron chi connectivity index (χ1n) is 6.72. The SMILES string of the molecule is CCN(Cc1ccc2c(c1)OCO2)C(=O)C(N)CC(N)=O.Cl. The van der Waals surface area contributed by atoms with Crippen LogP contribution >= 0.6 is 12.4 Å². The fourth-order valence-electron chi connectivity index (χ4n) is 2.14. The molecule has 0 bridgehead atoms. The van der Waals surface area contributed by atoms with Gasteiger partial charge in [-0.15, -0.1) is 12.4 Å².